The smallest absolute Gasteiger partial charge is 0.275 e. The van der Waals surface area contributed by atoms with Gasteiger partial charge in [0, 0.05) is 42.2 Å². The highest BCUT2D eigenvalue weighted by Crippen LogP contribution is 2.23. The SMILES string of the molecule is O=C(c1n[nH]c2c1CNCC2)N(Cc1ccccc1)CC(O)c1cccs1. The van der Waals surface area contributed by atoms with Gasteiger partial charge >= 0.3 is 0 Å². The van der Waals surface area contributed by atoms with E-state index in [4.69, 9.17) is 0 Å². The minimum Gasteiger partial charge on any atom is -0.386 e. The number of nitrogens with one attached hydrogen (secondary N) is 2. The molecule has 3 aromatic rings. The number of benzene rings is 1. The van der Waals surface area contributed by atoms with Gasteiger partial charge in [0.2, 0.25) is 0 Å². The highest BCUT2D eigenvalue weighted by atomic mass is 32.1. The van der Waals surface area contributed by atoms with E-state index in [0.717, 1.165) is 34.7 Å². The van der Waals surface area contributed by atoms with Gasteiger partial charge in [0.1, 0.15) is 6.10 Å². The Hall–Kier alpha value is -2.48. The molecule has 0 saturated carbocycles. The quantitative estimate of drug-likeness (QED) is 0.612. The minimum absolute atomic E-state index is 0.157. The maximum Gasteiger partial charge on any atom is 0.275 e. The Morgan fingerprint density at radius 1 is 1.26 bits per heavy atom. The van der Waals surface area contributed by atoms with Crippen molar-refractivity contribution in [1.29, 1.82) is 0 Å². The van der Waals surface area contributed by atoms with Crippen molar-refractivity contribution in [2.75, 3.05) is 13.1 Å². The van der Waals surface area contributed by atoms with Gasteiger partial charge in [-0.25, -0.2) is 0 Å². The van der Waals surface area contributed by atoms with E-state index in [1.54, 1.807) is 4.90 Å². The van der Waals surface area contributed by atoms with Crippen LogP contribution in [0.25, 0.3) is 0 Å². The second-order valence-electron chi connectivity index (χ2n) is 6.66. The van der Waals surface area contributed by atoms with Crippen LogP contribution < -0.4 is 5.32 Å². The van der Waals surface area contributed by atoms with Gasteiger partial charge in [0.05, 0.1) is 6.54 Å². The van der Waals surface area contributed by atoms with Crippen molar-refractivity contribution >= 4 is 17.2 Å². The Bertz CT molecular complexity index is 892. The van der Waals surface area contributed by atoms with Crippen molar-refractivity contribution in [2.24, 2.45) is 0 Å². The predicted molar refractivity (Wildman–Crippen MR) is 104 cm³/mol. The lowest BCUT2D eigenvalue weighted by molar-refractivity contribution is 0.0602. The molecule has 1 amide bonds. The molecule has 0 radical (unpaired) electrons. The number of fused-ring (bicyclic) bond motifs is 1. The molecule has 4 rings (SSSR count). The maximum atomic E-state index is 13.3. The molecular formula is C20H22N4O2S. The summed E-state index contributed by atoms with van der Waals surface area (Å²) in [7, 11) is 0. The minimum atomic E-state index is -0.717. The van der Waals surface area contributed by atoms with Crippen LogP contribution in [0.1, 0.15) is 38.3 Å². The summed E-state index contributed by atoms with van der Waals surface area (Å²) in [6.07, 6.45) is 0.122. The van der Waals surface area contributed by atoms with Crippen LogP contribution >= 0.6 is 11.3 Å². The van der Waals surface area contributed by atoms with E-state index in [-0.39, 0.29) is 12.5 Å². The summed E-state index contributed by atoms with van der Waals surface area (Å²) in [6, 6.07) is 13.6. The van der Waals surface area contributed by atoms with E-state index < -0.39 is 6.10 Å². The normalized spacial score (nSPS) is 14.6. The molecule has 3 heterocycles. The second kappa shape index (κ2) is 8.04. The van der Waals surface area contributed by atoms with Crippen LogP contribution in [0.15, 0.2) is 47.8 Å². The number of H-pyrrole nitrogens is 1. The lowest BCUT2D eigenvalue weighted by Crippen LogP contribution is -2.35. The first-order valence-corrected chi connectivity index (χ1v) is 9.92. The fourth-order valence-corrected chi connectivity index (χ4v) is 4.06. The Kier molecular flexibility index (Phi) is 5.33. The van der Waals surface area contributed by atoms with E-state index >= 15 is 0 Å². The van der Waals surface area contributed by atoms with Crippen LogP contribution in [0.4, 0.5) is 0 Å². The van der Waals surface area contributed by atoms with Gasteiger partial charge in [-0.2, -0.15) is 5.10 Å². The molecule has 2 aromatic heterocycles. The maximum absolute atomic E-state index is 13.3. The van der Waals surface area contributed by atoms with Crippen molar-refractivity contribution in [3.8, 4) is 0 Å². The number of aromatic nitrogens is 2. The van der Waals surface area contributed by atoms with E-state index in [1.165, 1.54) is 11.3 Å². The molecule has 0 bridgehead atoms. The summed E-state index contributed by atoms with van der Waals surface area (Å²) in [6.45, 7) is 2.17. The number of thiophene rings is 1. The molecule has 0 aliphatic carbocycles. The number of rotatable bonds is 6. The largest absolute Gasteiger partial charge is 0.386 e. The zero-order valence-corrected chi connectivity index (χ0v) is 15.7. The van der Waals surface area contributed by atoms with Crippen molar-refractivity contribution in [1.82, 2.24) is 20.4 Å². The van der Waals surface area contributed by atoms with Crippen molar-refractivity contribution in [3.63, 3.8) is 0 Å². The lowest BCUT2D eigenvalue weighted by atomic mass is 10.1. The average molecular weight is 382 g/mol. The molecule has 0 spiro atoms. The summed E-state index contributed by atoms with van der Waals surface area (Å²) in [4.78, 5) is 15.8. The number of hydrogen-bond acceptors (Lipinski definition) is 5. The van der Waals surface area contributed by atoms with Crippen LogP contribution in [-0.4, -0.2) is 39.2 Å². The molecule has 1 aromatic carbocycles. The molecule has 0 fully saturated rings. The number of carbonyl (C=O) groups is 1. The molecular weight excluding hydrogens is 360 g/mol. The Balaban J connectivity index is 1.60. The fraction of sp³-hybridized carbons (Fsp3) is 0.300. The number of aromatic amines is 1. The predicted octanol–water partition coefficient (Wildman–Crippen LogP) is 2.49. The average Bonchev–Trinajstić information content (AvgIpc) is 3.38. The molecule has 1 aliphatic rings. The van der Waals surface area contributed by atoms with Gasteiger partial charge in [-0.3, -0.25) is 9.89 Å². The molecule has 7 heteroatoms. The van der Waals surface area contributed by atoms with Gasteiger partial charge in [-0.1, -0.05) is 36.4 Å². The van der Waals surface area contributed by atoms with E-state index in [9.17, 15) is 9.90 Å². The topological polar surface area (TPSA) is 81.2 Å². The van der Waals surface area contributed by atoms with Gasteiger partial charge in [0.25, 0.3) is 5.91 Å². The Morgan fingerprint density at radius 2 is 2.11 bits per heavy atom. The highest BCUT2D eigenvalue weighted by Gasteiger charge is 2.27. The summed E-state index contributed by atoms with van der Waals surface area (Å²) >= 11 is 1.49. The molecule has 27 heavy (non-hydrogen) atoms. The van der Waals surface area contributed by atoms with Crippen LogP contribution in [0.2, 0.25) is 0 Å². The number of nitrogens with zero attached hydrogens (tertiary/aromatic N) is 2. The number of hydrogen-bond donors (Lipinski definition) is 3. The zero-order valence-electron chi connectivity index (χ0n) is 14.9. The van der Waals surface area contributed by atoms with Gasteiger partial charge in [-0.05, 0) is 17.0 Å². The number of aliphatic hydroxyl groups excluding tert-OH is 1. The summed E-state index contributed by atoms with van der Waals surface area (Å²) in [5.74, 6) is -0.157. The van der Waals surface area contributed by atoms with Crippen LogP contribution in [0.3, 0.4) is 0 Å². The molecule has 1 aliphatic heterocycles. The molecule has 0 saturated heterocycles. The fourth-order valence-electron chi connectivity index (χ4n) is 3.35. The Labute approximate surface area is 161 Å². The van der Waals surface area contributed by atoms with E-state index in [2.05, 4.69) is 15.5 Å². The van der Waals surface area contributed by atoms with E-state index in [0.29, 0.717) is 18.8 Å². The first-order valence-electron chi connectivity index (χ1n) is 9.04. The van der Waals surface area contributed by atoms with Gasteiger partial charge in [0.15, 0.2) is 5.69 Å². The molecule has 6 nitrogen and oxygen atoms in total. The van der Waals surface area contributed by atoms with E-state index in [1.807, 2.05) is 47.8 Å². The first kappa shape index (κ1) is 17.9. The third-order valence-corrected chi connectivity index (χ3v) is 5.75. The molecule has 1 unspecified atom stereocenters. The number of carbonyl (C=O) groups excluding carboxylic acids is 1. The standard InChI is InChI=1S/C20H22N4O2S/c25-17(18-7-4-10-27-18)13-24(12-14-5-2-1-3-6-14)20(26)19-15-11-21-9-8-16(15)22-23-19/h1-7,10,17,21,25H,8-9,11-13H2,(H,22,23). The van der Waals surface area contributed by atoms with Crippen LogP contribution in [-0.2, 0) is 19.5 Å². The highest BCUT2D eigenvalue weighted by molar-refractivity contribution is 7.10. The third kappa shape index (κ3) is 3.95. The summed E-state index contributed by atoms with van der Waals surface area (Å²) in [5.41, 5.74) is 3.43. The monoisotopic (exact) mass is 382 g/mol. The number of amides is 1. The zero-order chi connectivity index (χ0) is 18.6. The third-order valence-electron chi connectivity index (χ3n) is 4.78. The van der Waals surface area contributed by atoms with Crippen molar-refractivity contribution in [2.45, 2.75) is 25.6 Å². The Morgan fingerprint density at radius 3 is 2.89 bits per heavy atom. The number of aliphatic hydroxyl groups is 1. The first-order chi connectivity index (χ1) is 13.2. The van der Waals surface area contributed by atoms with Crippen LogP contribution in [0.5, 0.6) is 0 Å². The van der Waals surface area contributed by atoms with Gasteiger partial charge in [-0.15, -0.1) is 11.3 Å². The molecule has 3 N–H and O–H groups in total. The van der Waals surface area contributed by atoms with Crippen LogP contribution in [0, 0.1) is 0 Å². The van der Waals surface area contributed by atoms with Gasteiger partial charge < -0.3 is 15.3 Å². The summed E-state index contributed by atoms with van der Waals surface area (Å²) < 4.78 is 0. The molecule has 1 atom stereocenters. The summed E-state index contributed by atoms with van der Waals surface area (Å²) in [5, 5.41) is 23.1. The van der Waals surface area contributed by atoms with Crippen molar-refractivity contribution in [3.05, 3.63) is 75.2 Å². The second-order valence-corrected chi connectivity index (χ2v) is 7.64. The lowest BCUT2D eigenvalue weighted by Gasteiger charge is -2.25. The van der Waals surface area contributed by atoms with Crippen molar-refractivity contribution < 1.29 is 9.90 Å². The molecule has 140 valence electrons.